The van der Waals surface area contributed by atoms with Gasteiger partial charge in [-0.05, 0) is 36.4 Å². The van der Waals surface area contributed by atoms with Crippen molar-refractivity contribution in [3.8, 4) is 11.7 Å². The molecule has 0 N–H and O–H groups in total. The maximum Gasteiger partial charge on any atom is 0.418 e. The SMILES string of the molecule is Fc1cccc(Cl)c1COc1nnc(SCc2c(F)cccc2Cl)n1-c1ccccc1C(F)(F)F. The average molecular weight is 546 g/mol. The van der Waals surface area contributed by atoms with E-state index in [0.717, 1.165) is 22.4 Å². The Labute approximate surface area is 210 Å². The highest BCUT2D eigenvalue weighted by atomic mass is 35.5. The van der Waals surface area contributed by atoms with Gasteiger partial charge in [-0.2, -0.15) is 13.2 Å². The number of hydrogen-bond donors (Lipinski definition) is 0. The number of thioether (sulfide) groups is 1. The van der Waals surface area contributed by atoms with Gasteiger partial charge in [0.15, 0.2) is 5.16 Å². The molecule has 182 valence electrons. The molecule has 0 saturated carbocycles. The van der Waals surface area contributed by atoms with Gasteiger partial charge in [-0.25, -0.2) is 13.3 Å². The van der Waals surface area contributed by atoms with Crippen molar-refractivity contribution in [2.24, 2.45) is 0 Å². The van der Waals surface area contributed by atoms with Crippen molar-refractivity contribution in [3.63, 3.8) is 0 Å². The number of aromatic nitrogens is 3. The molecule has 0 bridgehead atoms. The summed E-state index contributed by atoms with van der Waals surface area (Å²) in [5.41, 5.74) is -1.14. The first-order valence-electron chi connectivity index (χ1n) is 9.90. The van der Waals surface area contributed by atoms with Crippen LogP contribution in [0.1, 0.15) is 16.7 Å². The second-order valence-electron chi connectivity index (χ2n) is 7.09. The monoisotopic (exact) mass is 545 g/mol. The number of halogens is 7. The Morgan fingerprint density at radius 1 is 0.829 bits per heavy atom. The van der Waals surface area contributed by atoms with Gasteiger partial charge in [-0.15, -0.1) is 5.10 Å². The zero-order valence-corrected chi connectivity index (χ0v) is 19.8. The maximum atomic E-state index is 14.2. The van der Waals surface area contributed by atoms with E-state index in [0.29, 0.717) is 0 Å². The summed E-state index contributed by atoms with van der Waals surface area (Å²) in [6.07, 6.45) is -4.70. The first kappa shape index (κ1) is 25.3. The minimum Gasteiger partial charge on any atom is -0.458 e. The van der Waals surface area contributed by atoms with Gasteiger partial charge in [0.25, 0.3) is 0 Å². The summed E-state index contributed by atoms with van der Waals surface area (Å²) in [5, 5.41) is 8.01. The minimum absolute atomic E-state index is 0.000153. The molecular formula is C23H14Cl2F5N3OS. The first-order chi connectivity index (χ1) is 16.7. The molecular weight excluding hydrogens is 532 g/mol. The fraction of sp³-hybridized carbons (Fsp3) is 0.130. The number of alkyl halides is 3. The lowest BCUT2D eigenvalue weighted by molar-refractivity contribution is -0.137. The largest absolute Gasteiger partial charge is 0.458 e. The first-order valence-corrected chi connectivity index (χ1v) is 11.6. The topological polar surface area (TPSA) is 39.9 Å². The number of ether oxygens (including phenoxy) is 1. The highest BCUT2D eigenvalue weighted by Crippen LogP contribution is 2.38. The van der Waals surface area contributed by atoms with E-state index in [1.165, 1.54) is 54.6 Å². The van der Waals surface area contributed by atoms with Crippen LogP contribution in [0.5, 0.6) is 6.01 Å². The zero-order chi connectivity index (χ0) is 25.2. The van der Waals surface area contributed by atoms with Crippen molar-refractivity contribution in [1.29, 1.82) is 0 Å². The lowest BCUT2D eigenvalue weighted by Crippen LogP contribution is -2.13. The standard InChI is InChI=1S/C23H14Cl2F5N3OS/c24-16-6-3-8-18(26)13(16)11-34-21-31-32-22(35-12-14-17(25)7-4-9-19(14)27)33(21)20-10-2-1-5-15(20)23(28,29)30/h1-10H,11-12H2. The molecule has 0 fully saturated rings. The molecule has 0 aliphatic carbocycles. The van der Waals surface area contributed by atoms with E-state index < -0.39 is 30.0 Å². The number of nitrogens with zero attached hydrogens (tertiary/aromatic N) is 3. The van der Waals surface area contributed by atoms with Gasteiger partial charge in [0.05, 0.1) is 16.3 Å². The van der Waals surface area contributed by atoms with Crippen molar-refractivity contribution >= 4 is 35.0 Å². The molecule has 4 aromatic rings. The van der Waals surface area contributed by atoms with E-state index in [2.05, 4.69) is 10.2 Å². The van der Waals surface area contributed by atoms with Crippen LogP contribution in [0.25, 0.3) is 5.69 Å². The molecule has 4 nitrogen and oxygen atoms in total. The summed E-state index contributed by atoms with van der Waals surface area (Å²) < 4.78 is 76.4. The third-order valence-corrected chi connectivity index (χ3v) is 6.53. The fourth-order valence-electron chi connectivity index (χ4n) is 3.17. The van der Waals surface area contributed by atoms with Crippen LogP contribution < -0.4 is 4.74 Å². The third kappa shape index (κ3) is 5.55. The second-order valence-corrected chi connectivity index (χ2v) is 8.85. The highest BCUT2D eigenvalue weighted by Gasteiger charge is 2.35. The Morgan fingerprint density at radius 2 is 1.46 bits per heavy atom. The molecule has 0 saturated heterocycles. The smallest absolute Gasteiger partial charge is 0.418 e. The van der Waals surface area contributed by atoms with E-state index in [1.54, 1.807) is 0 Å². The molecule has 0 aliphatic rings. The molecule has 4 rings (SSSR count). The van der Waals surface area contributed by atoms with Gasteiger partial charge in [0, 0.05) is 21.9 Å². The molecule has 0 spiro atoms. The van der Waals surface area contributed by atoms with Crippen LogP contribution in [0.3, 0.4) is 0 Å². The Hall–Kier alpha value is -2.82. The van der Waals surface area contributed by atoms with E-state index in [1.807, 2.05) is 0 Å². The van der Waals surface area contributed by atoms with Crippen LogP contribution in [0.4, 0.5) is 22.0 Å². The lowest BCUT2D eigenvalue weighted by atomic mass is 10.1. The molecule has 0 amide bonds. The summed E-state index contributed by atoms with van der Waals surface area (Å²) >= 11 is 13.0. The summed E-state index contributed by atoms with van der Waals surface area (Å²) in [5.74, 6) is -1.27. The number of benzene rings is 3. The van der Waals surface area contributed by atoms with Crippen molar-refractivity contribution in [2.75, 3.05) is 0 Å². The van der Waals surface area contributed by atoms with Crippen molar-refractivity contribution in [1.82, 2.24) is 14.8 Å². The Balaban J connectivity index is 1.75. The van der Waals surface area contributed by atoms with Crippen LogP contribution in [0.15, 0.2) is 65.8 Å². The van der Waals surface area contributed by atoms with Gasteiger partial charge in [0.2, 0.25) is 0 Å². The van der Waals surface area contributed by atoms with Crippen molar-refractivity contribution in [3.05, 3.63) is 99.0 Å². The van der Waals surface area contributed by atoms with Crippen LogP contribution in [-0.4, -0.2) is 14.8 Å². The molecule has 0 aliphatic heterocycles. The van der Waals surface area contributed by atoms with E-state index >= 15 is 0 Å². The molecule has 12 heteroatoms. The van der Waals surface area contributed by atoms with Gasteiger partial charge in [0.1, 0.15) is 18.2 Å². The van der Waals surface area contributed by atoms with Crippen LogP contribution in [0, 0.1) is 11.6 Å². The average Bonchev–Trinajstić information content (AvgIpc) is 3.20. The van der Waals surface area contributed by atoms with E-state index in [9.17, 15) is 22.0 Å². The van der Waals surface area contributed by atoms with Gasteiger partial charge >= 0.3 is 12.2 Å². The highest BCUT2D eigenvalue weighted by molar-refractivity contribution is 7.98. The normalized spacial score (nSPS) is 11.6. The molecule has 3 aromatic carbocycles. The summed E-state index contributed by atoms with van der Waals surface area (Å²) in [6, 6.07) is 12.6. The molecule has 35 heavy (non-hydrogen) atoms. The third-order valence-electron chi connectivity index (χ3n) is 4.87. The summed E-state index contributed by atoms with van der Waals surface area (Å²) in [4.78, 5) is 0. The minimum atomic E-state index is -4.70. The van der Waals surface area contributed by atoms with Gasteiger partial charge in [-0.3, -0.25) is 0 Å². The summed E-state index contributed by atoms with van der Waals surface area (Å²) in [7, 11) is 0. The van der Waals surface area contributed by atoms with E-state index in [-0.39, 0.29) is 43.8 Å². The van der Waals surface area contributed by atoms with Crippen LogP contribution >= 0.6 is 35.0 Å². The maximum absolute atomic E-state index is 14.2. The van der Waals surface area contributed by atoms with Crippen LogP contribution in [0.2, 0.25) is 10.0 Å². The lowest BCUT2D eigenvalue weighted by Gasteiger charge is -2.16. The number of para-hydroxylation sites is 1. The predicted octanol–water partition coefficient (Wildman–Crippen LogP) is 7.74. The number of rotatable bonds is 7. The number of hydrogen-bond acceptors (Lipinski definition) is 4. The van der Waals surface area contributed by atoms with E-state index in [4.69, 9.17) is 27.9 Å². The van der Waals surface area contributed by atoms with Gasteiger partial charge in [-0.1, -0.05) is 64.3 Å². The fourth-order valence-corrected chi connectivity index (χ4v) is 4.67. The summed E-state index contributed by atoms with van der Waals surface area (Å²) in [6.45, 7) is -0.415. The Bertz CT molecular complexity index is 1250. The molecule has 0 atom stereocenters. The predicted molar refractivity (Wildman–Crippen MR) is 123 cm³/mol. The van der Waals surface area contributed by atoms with Crippen molar-refractivity contribution in [2.45, 2.75) is 23.7 Å². The van der Waals surface area contributed by atoms with Crippen molar-refractivity contribution < 1.29 is 26.7 Å². The molecule has 0 radical (unpaired) electrons. The van der Waals surface area contributed by atoms with Gasteiger partial charge < -0.3 is 4.74 Å². The quantitative estimate of drug-likeness (QED) is 0.176. The zero-order valence-electron chi connectivity index (χ0n) is 17.5. The Morgan fingerprint density at radius 3 is 2.09 bits per heavy atom. The molecule has 1 heterocycles. The Kier molecular flexibility index (Phi) is 7.53. The molecule has 1 aromatic heterocycles. The second kappa shape index (κ2) is 10.4. The van der Waals surface area contributed by atoms with Crippen LogP contribution in [-0.2, 0) is 18.5 Å². The molecule has 0 unspecified atom stereocenters.